The molecule has 0 atom stereocenters. The van der Waals surface area contributed by atoms with Crippen LogP contribution in [0, 0.1) is 0 Å². The van der Waals surface area contributed by atoms with Crippen LogP contribution in [0.15, 0.2) is 34.6 Å². The number of nitrogens with one attached hydrogen (secondary N) is 1. The molecule has 124 valence electrons. The summed E-state index contributed by atoms with van der Waals surface area (Å²) in [6.45, 7) is 12.0. The first kappa shape index (κ1) is 17.4. The predicted octanol–water partition coefficient (Wildman–Crippen LogP) is 3.32. The summed E-state index contributed by atoms with van der Waals surface area (Å²) in [5.74, 6) is 0.764. The molecule has 0 saturated heterocycles. The third kappa shape index (κ3) is 4.49. The maximum Gasteiger partial charge on any atom is 0.143 e. The number of hydrogen-bond acceptors (Lipinski definition) is 4. The Morgan fingerprint density at radius 2 is 2.22 bits per heavy atom. The van der Waals surface area contributed by atoms with Gasteiger partial charge in [0.2, 0.25) is 0 Å². The van der Waals surface area contributed by atoms with Gasteiger partial charge in [-0.15, -0.1) is 0 Å². The van der Waals surface area contributed by atoms with Gasteiger partial charge in [-0.3, -0.25) is 10.1 Å². The van der Waals surface area contributed by atoms with Crippen LogP contribution < -0.4 is 0 Å². The smallest absolute Gasteiger partial charge is 0.143 e. The van der Waals surface area contributed by atoms with E-state index in [-0.39, 0.29) is 0 Å². The van der Waals surface area contributed by atoms with E-state index in [0.717, 1.165) is 35.3 Å². The Morgan fingerprint density at radius 3 is 2.78 bits per heavy atom. The lowest BCUT2D eigenvalue weighted by Gasteiger charge is -2.16. The third-order valence-corrected chi connectivity index (χ3v) is 5.27. The zero-order valence-electron chi connectivity index (χ0n) is 14.3. The second kappa shape index (κ2) is 7.52. The summed E-state index contributed by atoms with van der Waals surface area (Å²) >= 11 is 0. The minimum absolute atomic E-state index is 0.473. The van der Waals surface area contributed by atoms with Gasteiger partial charge in [-0.1, -0.05) is 19.6 Å². The van der Waals surface area contributed by atoms with Crippen LogP contribution >= 0.6 is 0 Å². The second-order valence-corrected chi connectivity index (χ2v) is 12.2. The lowest BCUT2D eigenvalue weighted by molar-refractivity contribution is 0.0886. The zero-order chi connectivity index (χ0) is 16.9. The molecule has 0 unspecified atom stereocenters. The predicted molar refractivity (Wildman–Crippen MR) is 97.9 cm³/mol. The fourth-order valence-corrected chi connectivity index (χ4v) is 3.01. The van der Waals surface area contributed by atoms with Gasteiger partial charge in [-0.2, -0.15) is 5.10 Å². The van der Waals surface area contributed by atoms with Crippen molar-refractivity contribution in [3.63, 3.8) is 0 Å². The topological polar surface area (TPSA) is 67.6 Å². The standard InChI is InChI=1S/C16H25N5OSi/c1-17-15(13-10-19-20-11-13)14-6-7-21(16(14)18-2)12-22-8-9-23(3,4)5/h6-7,10-11H,2,8-9,12H2,1,3-5H3,(H,19,20). The highest BCUT2D eigenvalue weighted by molar-refractivity contribution is 6.76. The van der Waals surface area contributed by atoms with Gasteiger partial charge in [0.05, 0.1) is 11.9 Å². The maximum atomic E-state index is 5.81. The Hall–Kier alpha value is -1.99. The molecule has 2 aromatic rings. The van der Waals surface area contributed by atoms with Crippen LogP contribution in [0.3, 0.4) is 0 Å². The van der Waals surface area contributed by atoms with E-state index in [2.05, 4.69) is 46.5 Å². The van der Waals surface area contributed by atoms with Crippen LogP contribution in [0.4, 0.5) is 5.82 Å². The highest BCUT2D eigenvalue weighted by atomic mass is 28.3. The molecular formula is C16H25N5OSi. The zero-order valence-corrected chi connectivity index (χ0v) is 15.3. The fourth-order valence-electron chi connectivity index (χ4n) is 2.26. The largest absolute Gasteiger partial charge is 0.361 e. The van der Waals surface area contributed by atoms with Crippen molar-refractivity contribution in [2.24, 2.45) is 9.98 Å². The fraction of sp³-hybridized carbons (Fsp3) is 0.438. The van der Waals surface area contributed by atoms with Gasteiger partial charge in [0.15, 0.2) is 0 Å². The molecule has 7 heteroatoms. The van der Waals surface area contributed by atoms with E-state index < -0.39 is 8.07 Å². The molecular weight excluding hydrogens is 306 g/mol. The minimum atomic E-state index is -1.07. The molecule has 0 saturated carbocycles. The van der Waals surface area contributed by atoms with Crippen LogP contribution in [-0.4, -0.2) is 48.9 Å². The number of aromatic amines is 1. The molecule has 0 aromatic carbocycles. The van der Waals surface area contributed by atoms with Crippen LogP contribution in [0.5, 0.6) is 0 Å². The summed E-state index contributed by atoms with van der Waals surface area (Å²) < 4.78 is 7.76. The summed E-state index contributed by atoms with van der Waals surface area (Å²) in [7, 11) is 0.689. The van der Waals surface area contributed by atoms with E-state index in [0.29, 0.717) is 6.73 Å². The molecule has 0 aliphatic rings. The highest BCUT2D eigenvalue weighted by Crippen LogP contribution is 2.24. The van der Waals surface area contributed by atoms with E-state index in [1.54, 1.807) is 13.2 Å². The van der Waals surface area contributed by atoms with Crippen molar-refractivity contribution >= 4 is 26.3 Å². The summed E-state index contributed by atoms with van der Waals surface area (Å²) in [4.78, 5) is 8.54. The summed E-state index contributed by atoms with van der Waals surface area (Å²) in [5, 5.41) is 6.79. The monoisotopic (exact) mass is 331 g/mol. The first-order chi connectivity index (χ1) is 11.0. The molecule has 0 aliphatic heterocycles. The number of aliphatic imine (C=N–C) groups is 2. The second-order valence-electron chi connectivity index (χ2n) is 6.59. The lowest BCUT2D eigenvalue weighted by atomic mass is 10.1. The van der Waals surface area contributed by atoms with Crippen molar-refractivity contribution in [1.82, 2.24) is 14.8 Å². The van der Waals surface area contributed by atoms with E-state index in [9.17, 15) is 0 Å². The third-order valence-electron chi connectivity index (χ3n) is 3.56. The van der Waals surface area contributed by atoms with Gasteiger partial charge in [-0.25, -0.2) is 4.99 Å². The number of aromatic nitrogens is 3. The minimum Gasteiger partial charge on any atom is -0.361 e. The molecule has 0 amide bonds. The van der Waals surface area contributed by atoms with E-state index in [1.165, 1.54) is 0 Å². The van der Waals surface area contributed by atoms with Crippen molar-refractivity contribution < 1.29 is 4.74 Å². The van der Waals surface area contributed by atoms with Crippen molar-refractivity contribution in [2.75, 3.05) is 13.7 Å². The SMILES string of the molecule is C=Nc1c(C(=NC)c2cn[nH]c2)ccn1COCC[Si](C)(C)C. The number of ether oxygens (including phenoxy) is 1. The molecule has 2 rings (SSSR count). The van der Waals surface area contributed by atoms with E-state index >= 15 is 0 Å². The number of rotatable bonds is 8. The quantitative estimate of drug-likeness (QED) is 0.458. The average Bonchev–Trinajstić information content (AvgIpc) is 3.14. The van der Waals surface area contributed by atoms with Gasteiger partial charge in [0, 0.05) is 45.2 Å². The number of nitrogens with zero attached hydrogens (tertiary/aromatic N) is 4. The maximum absolute atomic E-state index is 5.81. The average molecular weight is 331 g/mol. The van der Waals surface area contributed by atoms with Gasteiger partial charge in [0.25, 0.3) is 0 Å². The Balaban J connectivity index is 2.12. The van der Waals surface area contributed by atoms with Crippen molar-refractivity contribution in [3.8, 4) is 0 Å². The summed E-state index contributed by atoms with van der Waals surface area (Å²) in [6, 6.07) is 3.13. The van der Waals surface area contributed by atoms with Crippen LogP contribution in [-0.2, 0) is 11.5 Å². The Kier molecular flexibility index (Phi) is 5.67. The normalized spacial score (nSPS) is 12.6. The van der Waals surface area contributed by atoms with E-state index in [1.807, 2.05) is 23.0 Å². The molecule has 23 heavy (non-hydrogen) atoms. The first-order valence-electron chi connectivity index (χ1n) is 7.66. The van der Waals surface area contributed by atoms with Gasteiger partial charge >= 0.3 is 0 Å². The van der Waals surface area contributed by atoms with Crippen LogP contribution in [0.2, 0.25) is 25.7 Å². The Morgan fingerprint density at radius 1 is 1.43 bits per heavy atom. The number of H-pyrrole nitrogens is 1. The Labute approximate surface area is 138 Å². The summed E-state index contributed by atoms with van der Waals surface area (Å²) in [6.07, 6.45) is 5.52. The lowest BCUT2D eigenvalue weighted by Crippen LogP contribution is -2.21. The molecule has 2 aromatic heterocycles. The van der Waals surface area contributed by atoms with Crippen LogP contribution in [0.1, 0.15) is 11.1 Å². The van der Waals surface area contributed by atoms with Crippen LogP contribution in [0.25, 0.3) is 0 Å². The molecule has 0 bridgehead atoms. The number of hydrogen-bond donors (Lipinski definition) is 1. The highest BCUT2D eigenvalue weighted by Gasteiger charge is 2.16. The molecule has 0 fully saturated rings. The van der Waals surface area contributed by atoms with Crippen molar-refractivity contribution in [2.45, 2.75) is 32.4 Å². The molecule has 0 aliphatic carbocycles. The summed E-state index contributed by atoms with van der Waals surface area (Å²) in [5.41, 5.74) is 2.69. The molecule has 2 heterocycles. The first-order valence-corrected chi connectivity index (χ1v) is 11.4. The molecule has 6 nitrogen and oxygen atoms in total. The molecule has 0 spiro atoms. The molecule has 0 radical (unpaired) electrons. The Bertz CT molecular complexity index is 667. The van der Waals surface area contributed by atoms with Gasteiger partial charge in [-0.05, 0) is 18.8 Å². The van der Waals surface area contributed by atoms with Crippen molar-refractivity contribution in [3.05, 3.63) is 35.8 Å². The molecule has 1 N–H and O–H groups in total. The van der Waals surface area contributed by atoms with Gasteiger partial charge in [0.1, 0.15) is 12.5 Å². The van der Waals surface area contributed by atoms with Gasteiger partial charge < -0.3 is 9.30 Å². The van der Waals surface area contributed by atoms with Crippen molar-refractivity contribution in [1.29, 1.82) is 0 Å². The van der Waals surface area contributed by atoms with E-state index in [4.69, 9.17) is 4.74 Å².